The molecule has 0 aliphatic heterocycles. The first-order chi connectivity index (χ1) is 6.20. The Morgan fingerprint density at radius 3 is 2.85 bits per heavy atom. The lowest BCUT2D eigenvalue weighted by Crippen LogP contribution is -1.71. The van der Waals surface area contributed by atoms with E-state index in [0.29, 0.717) is 0 Å². The minimum atomic E-state index is -0.215. The Hall–Kier alpha value is -0.740. The highest BCUT2D eigenvalue weighted by Crippen LogP contribution is 2.34. The predicted molar refractivity (Wildman–Crippen MR) is 55.2 cm³/mol. The average Bonchev–Trinajstić information content (AvgIpc) is 2.42. The molecular formula is C9H7FOS2. The molecule has 0 atom stereocenters. The van der Waals surface area contributed by atoms with E-state index in [1.807, 2.05) is 6.26 Å². The van der Waals surface area contributed by atoms with Gasteiger partial charge in [0.1, 0.15) is 5.75 Å². The van der Waals surface area contributed by atoms with Gasteiger partial charge in [-0.1, -0.05) is 0 Å². The lowest BCUT2D eigenvalue weighted by molar-refractivity contribution is 0.463. The number of rotatable bonds is 1. The maximum absolute atomic E-state index is 12.8. The lowest BCUT2D eigenvalue weighted by Gasteiger charge is -1.99. The molecule has 0 fully saturated rings. The number of hydrogen-bond donors (Lipinski definition) is 1. The maximum Gasteiger partial charge on any atom is 0.177 e. The van der Waals surface area contributed by atoms with Gasteiger partial charge >= 0.3 is 0 Å². The molecule has 0 saturated carbocycles. The van der Waals surface area contributed by atoms with Crippen molar-refractivity contribution < 1.29 is 9.50 Å². The molecule has 1 N–H and O–H groups in total. The normalized spacial score (nSPS) is 10.9. The van der Waals surface area contributed by atoms with Crippen LogP contribution in [0.4, 0.5) is 4.39 Å². The third-order valence-corrected chi connectivity index (χ3v) is 3.44. The van der Waals surface area contributed by atoms with Crippen LogP contribution < -0.4 is 0 Å². The monoisotopic (exact) mass is 214 g/mol. The van der Waals surface area contributed by atoms with Gasteiger partial charge in [0.15, 0.2) is 5.13 Å². The zero-order valence-corrected chi connectivity index (χ0v) is 8.51. The van der Waals surface area contributed by atoms with Crippen molar-refractivity contribution in [2.75, 3.05) is 6.26 Å². The van der Waals surface area contributed by atoms with Crippen molar-refractivity contribution in [3.8, 4) is 5.75 Å². The molecule has 0 aliphatic carbocycles. The maximum atomic E-state index is 12.8. The van der Waals surface area contributed by atoms with Crippen molar-refractivity contribution in [3.05, 3.63) is 23.3 Å². The Kier molecular flexibility index (Phi) is 2.17. The van der Waals surface area contributed by atoms with Crippen LogP contribution in [0.15, 0.2) is 23.1 Å². The summed E-state index contributed by atoms with van der Waals surface area (Å²) in [4.78, 5) is 0.783. The summed E-state index contributed by atoms with van der Waals surface area (Å²) in [6.45, 7) is 0. The molecule has 68 valence electrons. The fourth-order valence-electron chi connectivity index (χ4n) is 1.19. The Morgan fingerprint density at radius 2 is 2.15 bits per heavy atom. The van der Waals surface area contributed by atoms with Crippen LogP contribution >= 0.6 is 23.1 Å². The first kappa shape index (κ1) is 8.84. The molecule has 2 rings (SSSR count). The van der Waals surface area contributed by atoms with Gasteiger partial charge in [-0.25, -0.2) is 0 Å². The summed E-state index contributed by atoms with van der Waals surface area (Å²) in [6.07, 6.45) is 1.88. The van der Waals surface area contributed by atoms with Crippen LogP contribution in [0.1, 0.15) is 0 Å². The van der Waals surface area contributed by atoms with Crippen LogP contribution in [0.3, 0.4) is 0 Å². The van der Waals surface area contributed by atoms with Gasteiger partial charge < -0.3 is 5.11 Å². The highest BCUT2D eigenvalue weighted by atomic mass is 32.2. The number of aromatic hydroxyl groups is 1. The second-order valence-electron chi connectivity index (χ2n) is 2.61. The quantitative estimate of drug-likeness (QED) is 0.733. The third kappa shape index (κ3) is 1.51. The molecule has 1 aromatic heterocycles. The Balaban J connectivity index is 2.72. The van der Waals surface area contributed by atoms with Gasteiger partial charge in [0, 0.05) is 9.60 Å². The molecule has 2 aromatic rings. The first-order valence-corrected chi connectivity index (χ1v) is 5.71. The molecule has 0 bridgehead atoms. The number of thioether (sulfide) groups is 1. The summed E-state index contributed by atoms with van der Waals surface area (Å²) >= 11 is 2.50. The molecule has 0 radical (unpaired) electrons. The van der Waals surface area contributed by atoms with Gasteiger partial charge in [-0.15, -0.1) is 23.1 Å². The largest absolute Gasteiger partial charge is 0.507 e. The first-order valence-electron chi connectivity index (χ1n) is 3.67. The van der Waals surface area contributed by atoms with E-state index >= 15 is 0 Å². The minimum Gasteiger partial charge on any atom is -0.507 e. The molecule has 13 heavy (non-hydrogen) atoms. The van der Waals surface area contributed by atoms with E-state index in [1.165, 1.54) is 17.8 Å². The fraction of sp³-hybridized carbons (Fsp3) is 0.111. The predicted octanol–water partition coefficient (Wildman–Crippen LogP) is 3.47. The molecule has 0 saturated heterocycles. The summed E-state index contributed by atoms with van der Waals surface area (Å²) < 4.78 is 13.6. The summed E-state index contributed by atoms with van der Waals surface area (Å²) in [7, 11) is 0. The van der Waals surface area contributed by atoms with Gasteiger partial charge in [0.2, 0.25) is 0 Å². The number of thiophene rings is 1. The van der Waals surface area contributed by atoms with Crippen LogP contribution in [0.2, 0.25) is 0 Å². The molecule has 0 unspecified atom stereocenters. The molecule has 0 spiro atoms. The van der Waals surface area contributed by atoms with Gasteiger partial charge in [0.05, 0.1) is 0 Å². The van der Waals surface area contributed by atoms with E-state index in [-0.39, 0.29) is 10.9 Å². The zero-order chi connectivity index (χ0) is 9.42. The molecule has 0 amide bonds. The number of benzene rings is 1. The number of fused-ring (bicyclic) bond motifs is 1. The van der Waals surface area contributed by atoms with Crippen LogP contribution in [0, 0.1) is 5.13 Å². The van der Waals surface area contributed by atoms with Gasteiger partial charge in [-0.05, 0) is 29.8 Å². The Labute approximate surface area is 83.2 Å². The van der Waals surface area contributed by atoms with Crippen molar-refractivity contribution in [1.29, 1.82) is 0 Å². The second-order valence-corrected chi connectivity index (χ2v) is 4.49. The molecule has 4 heteroatoms. The van der Waals surface area contributed by atoms with E-state index in [2.05, 4.69) is 0 Å². The van der Waals surface area contributed by atoms with E-state index in [0.717, 1.165) is 26.3 Å². The smallest absolute Gasteiger partial charge is 0.177 e. The van der Waals surface area contributed by atoms with E-state index in [4.69, 9.17) is 0 Å². The van der Waals surface area contributed by atoms with Gasteiger partial charge in [-0.3, -0.25) is 0 Å². The van der Waals surface area contributed by atoms with Crippen LogP contribution in [0.25, 0.3) is 10.1 Å². The molecular weight excluding hydrogens is 207 g/mol. The zero-order valence-electron chi connectivity index (χ0n) is 6.87. The summed E-state index contributed by atoms with van der Waals surface area (Å²) in [5.74, 6) is 0.224. The number of phenolic OH excluding ortho intramolecular Hbond substituents is 1. The van der Waals surface area contributed by atoms with Crippen molar-refractivity contribution in [2.24, 2.45) is 0 Å². The van der Waals surface area contributed by atoms with Crippen molar-refractivity contribution in [1.82, 2.24) is 0 Å². The lowest BCUT2D eigenvalue weighted by atomic mass is 10.2. The second kappa shape index (κ2) is 3.20. The summed E-state index contributed by atoms with van der Waals surface area (Å²) in [5.41, 5.74) is 0. The van der Waals surface area contributed by atoms with Gasteiger partial charge in [-0.2, -0.15) is 4.39 Å². The Bertz CT molecular complexity index is 450. The van der Waals surface area contributed by atoms with Crippen LogP contribution in [0.5, 0.6) is 5.75 Å². The molecule has 0 aliphatic rings. The van der Waals surface area contributed by atoms with Crippen LogP contribution in [-0.4, -0.2) is 11.4 Å². The van der Waals surface area contributed by atoms with E-state index < -0.39 is 0 Å². The van der Waals surface area contributed by atoms with Crippen molar-refractivity contribution in [2.45, 2.75) is 4.90 Å². The topological polar surface area (TPSA) is 20.2 Å². The average molecular weight is 214 g/mol. The molecule has 1 aromatic carbocycles. The Morgan fingerprint density at radius 1 is 1.38 bits per heavy atom. The summed E-state index contributed by atoms with van der Waals surface area (Å²) in [5, 5.41) is 10.1. The van der Waals surface area contributed by atoms with Crippen molar-refractivity contribution in [3.63, 3.8) is 0 Å². The molecule has 1 nitrogen and oxygen atoms in total. The number of phenols is 1. The number of halogens is 1. The summed E-state index contributed by atoms with van der Waals surface area (Å²) in [6, 6.07) is 4.89. The van der Waals surface area contributed by atoms with Crippen LogP contribution in [-0.2, 0) is 0 Å². The number of hydrogen-bond acceptors (Lipinski definition) is 3. The van der Waals surface area contributed by atoms with E-state index in [9.17, 15) is 9.50 Å². The highest BCUT2D eigenvalue weighted by molar-refractivity contribution is 7.98. The SMILES string of the molecule is CSc1cc2cc(F)sc2cc1O. The highest BCUT2D eigenvalue weighted by Gasteiger charge is 2.06. The third-order valence-electron chi connectivity index (χ3n) is 1.79. The van der Waals surface area contributed by atoms with E-state index in [1.54, 1.807) is 12.1 Å². The fourth-order valence-corrected chi connectivity index (χ4v) is 2.50. The molecule has 1 heterocycles. The van der Waals surface area contributed by atoms with Gasteiger partial charge in [0.25, 0.3) is 0 Å². The standard InChI is InChI=1S/C9H7FOS2/c1-12-8-2-5-3-9(10)13-7(5)4-6(8)11/h2-4,11H,1H3. The minimum absolute atomic E-state index is 0.215. The van der Waals surface area contributed by atoms with Crippen molar-refractivity contribution >= 4 is 33.2 Å².